The number of amides is 1. The number of rotatable bonds is 16. The number of carbonyl (C=O) groups excluding carboxylic acids is 3. The molecular formula is C40H29N7O15S3. The molecule has 0 radical (unpaired) electrons. The number of nitrogens with zero attached hydrogens (tertiary/aromatic N) is 4. The summed E-state index contributed by atoms with van der Waals surface area (Å²) in [6, 6.07) is 19.4. The van der Waals surface area contributed by atoms with E-state index in [9.17, 15) is 42.4 Å². The van der Waals surface area contributed by atoms with Crippen LogP contribution in [-0.4, -0.2) is 84.0 Å². The number of benzene rings is 4. The standard InChI is InChI=1S/C40H29N7O15S3/c1-47-27-14-13-24(31-32(27)30(20-9-2-3-10-21(20)35(31)49)33(36(47)50)34(48)18-7-6-8-19(15-18)63-61-59-54)41-25-16-26(29(65(56,57)58)17-28(25)64-62-60-55)43-39-44-38(45-40(53)46-39)42-23-12-5-4-11-22(23)37(51)52/h2-17,31-32,41,54-55H,1H3,(H,51,52)(H,56,57,58)(H3,42,43,44,45,46,53). The van der Waals surface area contributed by atoms with Crippen molar-refractivity contribution < 1.29 is 71.6 Å². The van der Waals surface area contributed by atoms with Crippen molar-refractivity contribution in [2.75, 3.05) is 23.0 Å². The van der Waals surface area contributed by atoms with E-state index in [1.165, 1.54) is 60.5 Å². The Bertz CT molecular complexity index is 3040. The van der Waals surface area contributed by atoms with E-state index in [0.717, 1.165) is 12.1 Å². The van der Waals surface area contributed by atoms with Gasteiger partial charge in [0.05, 0.1) is 63.1 Å². The average Bonchev–Trinajstić information content (AvgIpc) is 3.28. The van der Waals surface area contributed by atoms with Gasteiger partial charge in [-0.3, -0.25) is 18.9 Å². The Labute approximate surface area is 374 Å². The number of carboxylic acids is 1. The minimum absolute atomic E-state index is 0.0307. The molecule has 1 aromatic heterocycles. The smallest absolute Gasteiger partial charge is 0.337 e. The Morgan fingerprint density at radius 2 is 1.45 bits per heavy atom. The van der Waals surface area contributed by atoms with Gasteiger partial charge in [-0.15, -0.1) is 8.67 Å². The number of aromatic hydroxyl groups is 1. The predicted molar refractivity (Wildman–Crippen MR) is 227 cm³/mol. The van der Waals surface area contributed by atoms with Gasteiger partial charge in [0.1, 0.15) is 4.90 Å². The van der Waals surface area contributed by atoms with Crippen LogP contribution in [0.2, 0.25) is 0 Å². The number of anilines is 5. The summed E-state index contributed by atoms with van der Waals surface area (Å²) in [7, 11) is -3.66. The third-order valence-corrected chi connectivity index (χ3v) is 12.3. The third-order valence-electron chi connectivity index (χ3n) is 10.2. The van der Waals surface area contributed by atoms with Crippen LogP contribution in [-0.2, 0) is 33.7 Å². The molecule has 1 amide bonds. The van der Waals surface area contributed by atoms with E-state index in [-0.39, 0.29) is 55.8 Å². The molecule has 0 saturated heterocycles. The van der Waals surface area contributed by atoms with Crippen molar-refractivity contribution in [3.05, 3.63) is 136 Å². The van der Waals surface area contributed by atoms with E-state index >= 15 is 0 Å². The number of nitrogens with one attached hydrogen (secondary N) is 3. The van der Waals surface area contributed by atoms with Gasteiger partial charge < -0.3 is 31.1 Å². The number of hydrogen-bond acceptors (Lipinski definition) is 21. The van der Waals surface area contributed by atoms with Gasteiger partial charge in [0.25, 0.3) is 16.0 Å². The lowest BCUT2D eigenvalue weighted by atomic mass is 9.64. The van der Waals surface area contributed by atoms with E-state index in [0.29, 0.717) is 40.2 Å². The van der Waals surface area contributed by atoms with E-state index in [4.69, 9.17) is 10.5 Å². The largest absolute Gasteiger partial charge is 0.479 e. The van der Waals surface area contributed by atoms with Gasteiger partial charge in [-0.25, -0.2) is 15.3 Å². The number of fused-ring (bicyclic) bond motifs is 2. The number of ketones is 2. The van der Waals surface area contributed by atoms with Crippen molar-refractivity contribution in [3.8, 4) is 6.01 Å². The van der Waals surface area contributed by atoms with Crippen LogP contribution in [0.5, 0.6) is 6.01 Å². The zero-order valence-electron chi connectivity index (χ0n) is 32.7. The third kappa shape index (κ3) is 8.78. The average molecular weight is 944 g/mol. The summed E-state index contributed by atoms with van der Waals surface area (Å²) in [5.74, 6) is -6.03. The molecule has 3 aliphatic rings. The lowest BCUT2D eigenvalue weighted by Crippen LogP contribution is -2.47. The number of para-hydroxylation sites is 1. The second-order valence-electron chi connectivity index (χ2n) is 13.9. The molecule has 22 nitrogen and oxygen atoms in total. The van der Waals surface area contributed by atoms with Gasteiger partial charge in [-0.1, -0.05) is 58.6 Å². The van der Waals surface area contributed by atoms with Crippen LogP contribution in [0.15, 0.2) is 129 Å². The fourth-order valence-electron chi connectivity index (χ4n) is 7.59. The minimum Gasteiger partial charge on any atom is -0.479 e. The van der Waals surface area contributed by atoms with Gasteiger partial charge in [0, 0.05) is 40.4 Å². The monoisotopic (exact) mass is 943 g/mol. The first-order chi connectivity index (χ1) is 31.2. The van der Waals surface area contributed by atoms with Crippen LogP contribution in [0, 0.1) is 11.8 Å². The number of carboxylic acid groups (broad SMARTS) is 1. The molecule has 5 aromatic rings. The molecular weight excluding hydrogens is 915 g/mol. The lowest BCUT2D eigenvalue weighted by molar-refractivity contribution is -0.432. The van der Waals surface area contributed by atoms with Crippen molar-refractivity contribution in [3.63, 3.8) is 0 Å². The van der Waals surface area contributed by atoms with E-state index < -0.39 is 67.9 Å². The van der Waals surface area contributed by atoms with Crippen molar-refractivity contribution in [2.45, 2.75) is 14.7 Å². The first kappa shape index (κ1) is 44.6. The van der Waals surface area contributed by atoms with Crippen LogP contribution in [0.25, 0.3) is 5.57 Å². The summed E-state index contributed by atoms with van der Waals surface area (Å²) in [5.41, 5.74) is 0.561. The first-order valence-corrected chi connectivity index (χ1v) is 21.4. The van der Waals surface area contributed by atoms with Gasteiger partial charge in [-0.05, 0) is 59.7 Å². The Hall–Kier alpha value is -7.04. The quantitative estimate of drug-likeness (QED) is 0.0134. The fourth-order valence-corrected chi connectivity index (χ4v) is 9.20. The number of aromatic nitrogens is 3. The van der Waals surface area contributed by atoms with Gasteiger partial charge in [-0.2, -0.15) is 23.4 Å². The molecule has 0 bridgehead atoms. The summed E-state index contributed by atoms with van der Waals surface area (Å²) < 4.78 is 45.3. The Morgan fingerprint density at radius 1 is 0.769 bits per heavy atom. The summed E-state index contributed by atoms with van der Waals surface area (Å²) in [6.45, 7) is 0. The number of allylic oxidation sites excluding steroid dienone is 4. The predicted octanol–water partition coefficient (Wildman–Crippen LogP) is 6.30. The van der Waals surface area contributed by atoms with Crippen molar-refractivity contribution in [1.29, 1.82) is 0 Å². The molecule has 332 valence electrons. The molecule has 8 N–H and O–H groups in total. The van der Waals surface area contributed by atoms with Crippen LogP contribution in [0.3, 0.4) is 0 Å². The van der Waals surface area contributed by atoms with E-state index in [1.54, 1.807) is 36.4 Å². The summed E-state index contributed by atoms with van der Waals surface area (Å²) in [5, 5.41) is 53.6. The molecule has 2 atom stereocenters. The molecule has 25 heteroatoms. The topological polar surface area (TPSA) is 318 Å². The Kier molecular flexibility index (Phi) is 12.5. The molecule has 1 aliphatic heterocycles. The van der Waals surface area contributed by atoms with E-state index in [2.05, 4.69) is 49.6 Å². The molecule has 2 aliphatic carbocycles. The highest BCUT2D eigenvalue weighted by molar-refractivity contribution is 7.95. The van der Waals surface area contributed by atoms with Crippen LogP contribution in [0.1, 0.15) is 36.6 Å². The molecule has 4 aromatic carbocycles. The molecule has 0 saturated carbocycles. The number of likely N-dealkylation sites (N-methyl/N-ethyl adjacent to an activating group) is 1. The minimum atomic E-state index is -5.12. The lowest BCUT2D eigenvalue weighted by Gasteiger charge is -2.45. The van der Waals surface area contributed by atoms with Crippen molar-refractivity contribution in [1.82, 2.24) is 19.9 Å². The maximum atomic E-state index is 14.7. The molecule has 65 heavy (non-hydrogen) atoms. The summed E-state index contributed by atoms with van der Waals surface area (Å²) in [4.78, 5) is 67.6. The molecule has 0 fully saturated rings. The van der Waals surface area contributed by atoms with Crippen molar-refractivity contribution in [2.24, 2.45) is 11.8 Å². The number of hydrogen-bond donors (Lipinski definition) is 8. The Morgan fingerprint density at radius 3 is 2.15 bits per heavy atom. The zero-order valence-corrected chi connectivity index (χ0v) is 35.2. The highest BCUT2D eigenvalue weighted by Gasteiger charge is 2.51. The second-order valence-corrected chi connectivity index (χ2v) is 16.8. The fraction of sp³-hybridized carbons (Fsp3) is 0.0750. The summed E-state index contributed by atoms with van der Waals surface area (Å²) in [6.07, 6.45) is 3.09. The van der Waals surface area contributed by atoms with Crippen LogP contribution in [0.4, 0.5) is 29.0 Å². The summed E-state index contributed by atoms with van der Waals surface area (Å²) >= 11 is 0.898. The Balaban J connectivity index is 1.23. The number of aromatic carboxylic acids is 1. The van der Waals surface area contributed by atoms with Crippen molar-refractivity contribution >= 4 is 92.2 Å². The van der Waals surface area contributed by atoms with Gasteiger partial charge in [0.15, 0.2) is 11.6 Å². The second kappa shape index (κ2) is 18.2. The van der Waals surface area contributed by atoms with Gasteiger partial charge >= 0.3 is 12.0 Å². The molecule has 2 unspecified atom stereocenters. The number of carbonyl (C=O) groups is 4. The normalized spacial score (nSPS) is 16.6. The maximum Gasteiger partial charge on any atom is 0.337 e. The molecule has 2 heterocycles. The molecule has 8 rings (SSSR count). The van der Waals surface area contributed by atoms with Crippen LogP contribution >= 0.6 is 24.1 Å². The van der Waals surface area contributed by atoms with Crippen LogP contribution < -0.4 is 16.0 Å². The SMILES string of the molecule is CN1C(=O)C(C(=O)c2cccc(SOOO)c2)=C2c3ccccc3C(=O)C3C(Nc4cc(Nc5nc(O)nc(Nc6ccccc6C(=O)O)n5)c(S(=O)(=O)O)cc4SOOO)=CC=C1C23. The molecule has 0 spiro atoms. The van der Waals surface area contributed by atoms with Gasteiger partial charge in [0.2, 0.25) is 11.9 Å². The highest BCUT2D eigenvalue weighted by Crippen LogP contribution is 2.53. The maximum absolute atomic E-state index is 14.7. The number of Topliss-reactive ketones (excluding diaryl/α,β-unsaturated/α-hetero) is 2. The zero-order chi connectivity index (χ0) is 46.2. The van der Waals surface area contributed by atoms with E-state index in [1.807, 2.05) is 0 Å². The first-order valence-electron chi connectivity index (χ1n) is 18.4. The highest BCUT2D eigenvalue weighted by atomic mass is 32.2.